The molecule has 13 nitrogen and oxygen atoms in total. The maximum Gasteiger partial charge on any atom is 0.348 e. The molecule has 0 aliphatic rings. The number of halogens is 1. The number of carbonyl (C=O) groups is 2. The molecule has 0 aliphatic carbocycles. The molecule has 0 fully saturated rings. The smallest absolute Gasteiger partial charge is 0.348 e. The highest BCUT2D eigenvalue weighted by Crippen LogP contribution is 2.35. The van der Waals surface area contributed by atoms with E-state index in [0.717, 1.165) is 17.7 Å². The topological polar surface area (TPSA) is 186 Å². The first-order chi connectivity index (χ1) is 19.6. The van der Waals surface area contributed by atoms with E-state index in [-0.39, 0.29) is 40.0 Å². The monoisotopic (exact) mass is 563 g/mol. The molecule has 0 aliphatic heterocycles. The Morgan fingerprint density at radius 2 is 1.73 bits per heavy atom. The second-order valence-corrected chi connectivity index (χ2v) is 8.57. The van der Waals surface area contributed by atoms with Crippen LogP contribution < -0.4 is 31.7 Å². The van der Waals surface area contributed by atoms with E-state index in [1.54, 1.807) is 36.4 Å². The summed E-state index contributed by atoms with van der Waals surface area (Å²) < 4.78 is 27.0. The number of para-hydroxylation sites is 1. The van der Waals surface area contributed by atoms with Gasteiger partial charge in [-0.05, 0) is 42.5 Å². The summed E-state index contributed by atoms with van der Waals surface area (Å²) in [5.74, 6) is -1.96. The summed E-state index contributed by atoms with van der Waals surface area (Å²) in [5.41, 5.74) is 7.90. The van der Waals surface area contributed by atoms with Gasteiger partial charge in [0.2, 0.25) is 0 Å². The lowest BCUT2D eigenvalue weighted by Gasteiger charge is -2.20. The van der Waals surface area contributed by atoms with Crippen molar-refractivity contribution in [1.82, 2.24) is 20.2 Å². The molecule has 4 rings (SSSR count). The van der Waals surface area contributed by atoms with E-state index in [4.69, 9.17) is 20.6 Å². The standard InChI is InChI=1S/C27H26FN7O6/c1-14(36)41-34-26(37)17-6-4-5-7-20(17)35-27(38)32-25(33-35)23(31-16-10-8-15(9-11-16)24(29)30)18-12-21(39-2)22(40-3)13-19(18)28/h4-13,23,31H,1-3H3,(H3,29,30)(H,34,37)(H,32,33,38)/t23-/m0/s1. The number of aromatic nitrogens is 3. The van der Waals surface area contributed by atoms with E-state index in [2.05, 4.69) is 20.2 Å². The summed E-state index contributed by atoms with van der Waals surface area (Å²) in [6.07, 6.45) is 0. The van der Waals surface area contributed by atoms with Gasteiger partial charge in [-0.2, -0.15) is 10.2 Å². The number of benzene rings is 3. The fraction of sp³-hybridized carbons (Fsp3) is 0.148. The molecule has 1 atom stereocenters. The Bertz CT molecular complexity index is 1670. The molecule has 0 spiro atoms. The van der Waals surface area contributed by atoms with Crippen LogP contribution in [0.5, 0.6) is 11.5 Å². The van der Waals surface area contributed by atoms with Crippen molar-refractivity contribution in [2.24, 2.45) is 5.73 Å². The Balaban J connectivity index is 1.82. The Labute approximate surface area is 232 Å². The second kappa shape index (κ2) is 12.0. The molecule has 41 heavy (non-hydrogen) atoms. The number of nitrogens with zero attached hydrogens (tertiary/aromatic N) is 2. The van der Waals surface area contributed by atoms with Crippen molar-refractivity contribution in [3.05, 3.63) is 99.5 Å². The summed E-state index contributed by atoms with van der Waals surface area (Å²) >= 11 is 0. The van der Waals surface area contributed by atoms with Crippen LogP contribution in [0.2, 0.25) is 0 Å². The van der Waals surface area contributed by atoms with Crippen molar-refractivity contribution in [2.75, 3.05) is 19.5 Å². The van der Waals surface area contributed by atoms with Crippen LogP contribution in [0.25, 0.3) is 5.69 Å². The predicted octanol–water partition coefficient (Wildman–Crippen LogP) is 2.41. The number of nitrogen functional groups attached to an aromatic ring is 1. The zero-order valence-electron chi connectivity index (χ0n) is 22.2. The lowest BCUT2D eigenvalue weighted by molar-refractivity contribution is -0.146. The molecular weight excluding hydrogens is 537 g/mol. The van der Waals surface area contributed by atoms with Crippen molar-refractivity contribution in [2.45, 2.75) is 13.0 Å². The molecule has 14 heteroatoms. The van der Waals surface area contributed by atoms with Crippen molar-refractivity contribution in [3.63, 3.8) is 0 Å². The van der Waals surface area contributed by atoms with Gasteiger partial charge in [0.1, 0.15) is 17.7 Å². The fourth-order valence-electron chi connectivity index (χ4n) is 3.95. The van der Waals surface area contributed by atoms with Crippen molar-refractivity contribution in [3.8, 4) is 17.2 Å². The molecule has 212 valence electrons. The van der Waals surface area contributed by atoms with Crippen LogP contribution in [-0.2, 0) is 9.63 Å². The summed E-state index contributed by atoms with van der Waals surface area (Å²) in [5, 5.41) is 15.1. The van der Waals surface area contributed by atoms with Gasteiger partial charge in [0.25, 0.3) is 5.91 Å². The molecule has 0 radical (unpaired) electrons. The number of nitrogens with one attached hydrogen (secondary N) is 4. The number of amidine groups is 1. The summed E-state index contributed by atoms with van der Waals surface area (Å²) in [7, 11) is 2.77. The number of amides is 1. The molecule has 3 aromatic carbocycles. The Morgan fingerprint density at radius 3 is 2.37 bits per heavy atom. The number of aromatic amines is 1. The summed E-state index contributed by atoms with van der Waals surface area (Å²) in [4.78, 5) is 44.1. The third kappa shape index (κ3) is 6.16. The molecule has 1 amide bonds. The molecule has 0 unspecified atom stereocenters. The number of rotatable bonds is 9. The van der Waals surface area contributed by atoms with Crippen LogP contribution >= 0.6 is 0 Å². The zero-order valence-corrected chi connectivity index (χ0v) is 22.2. The predicted molar refractivity (Wildman–Crippen MR) is 146 cm³/mol. The summed E-state index contributed by atoms with van der Waals surface area (Å²) in [6, 6.07) is 14.0. The summed E-state index contributed by atoms with van der Waals surface area (Å²) in [6.45, 7) is 1.12. The van der Waals surface area contributed by atoms with Crippen molar-refractivity contribution >= 4 is 23.4 Å². The molecular formula is C27H26FN7O6. The number of hydrogen-bond acceptors (Lipinski definition) is 9. The van der Waals surface area contributed by atoms with Gasteiger partial charge in [0.15, 0.2) is 17.3 Å². The molecule has 4 aromatic rings. The van der Waals surface area contributed by atoms with E-state index in [0.29, 0.717) is 11.3 Å². The molecule has 6 N–H and O–H groups in total. The van der Waals surface area contributed by atoms with E-state index >= 15 is 4.39 Å². The lowest BCUT2D eigenvalue weighted by atomic mass is 10.0. The minimum Gasteiger partial charge on any atom is -0.493 e. The average molecular weight is 564 g/mol. The van der Waals surface area contributed by atoms with Crippen LogP contribution in [0, 0.1) is 11.2 Å². The Morgan fingerprint density at radius 1 is 1.07 bits per heavy atom. The van der Waals surface area contributed by atoms with Crippen LogP contribution in [0.1, 0.15) is 40.3 Å². The van der Waals surface area contributed by atoms with Crippen molar-refractivity contribution in [1.29, 1.82) is 5.41 Å². The number of hydrogen-bond donors (Lipinski definition) is 5. The lowest BCUT2D eigenvalue weighted by Crippen LogP contribution is -2.28. The van der Waals surface area contributed by atoms with Gasteiger partial charge in [-0.1, -0.05) is 12.1 Å². The number of methoxy groups -OCH3 is 2. The minimum absolute atomic E-state index is 0.00744. The minimum atomic E-state index is -1.08. The van der Waals surface area contributed by atoms with E-state index in [1.807, 2.05) is 5.48 Å². The molecule has 0 saturated heterocycles. The highest BCUT2D eigenvalue weighted by molar-refractivity contribution is 5.97. The normalized spacial score (nSPS) is 11.3. The quantitative estimate of drug-likeness (QED) is 0.116. The maximum absolute atomic E-state index is 15.5. The maximum atomic E-state index is 15.5. The van der Waals surface area contributed by atoms with Gasteiger partial charge < -0.3 is 25.4 Å². The Hall–Kier alpha value is -5.66. The van der Waals surface area contributed by atoms with Crippen LogP contribution in [-0.4, -0.2) is 46.7 Å². The zero-order chi connectivity index (χ0) is 29.7. The first-order valence-electron chi connectivity index (χ1n) is 12.0. The van der Waals surface area contributed by atoms with Gasteiger partial charge in [-0.25, -0.2) is 9.18 Å². The van der Waals surface area contributed by atoms with Crippen molar-refractivity contribution < 1.29 is 28.3 Å². The highest BCUT2D eigenvalue weighted by Gasteiger charge is 2.26. The third-order valence-corrected chi connectivity index (χ3v) is 5.89. The van der Waals surface area contributed by atoms with Gasteiger partial charge in [-0.15, -0.1) is 5.10 Å². The largest absolute Gasteiger partial charge is 0.493 e. The molecule has 0 bridgehead atoms. The number of nitrogens with two attached hydrogens (primary N) is 1. The number of ether oxygens (including phenoxy) is 2. The first kappa shape index (κ1) is 28.4. The molecule has 1 aromatic heterocycles. The number of hydroxylamine groups is 1. The van der Waals surface area contributed by atoms with Gasteiger partial charge in [0.05, 0.1) is 25.5 Å². The average Bonchev–Trinajstić information content (AvgIpc) is 3.35. The van der Waals surface area contributed by atoms with Gasteiger partial charge in [0, 0.05) is 29.8 Å². The van der Waals surface area contributed by atoms with Gasteiger partial charge in [-0.3, -0.25) is 20.0 Å². The van der Waals surface area contributed by atoms with Crippen LogP contribution in [0.3, 0.4) is 0 Å². The Kier molecular flexibility index (Phi) is 8.32. The number of anilines is 1. The van der Waals surface area contributed by atoms with Gasteiger partial charge >= 0.3 is 11.7 Å². The van der Waals surface area contributed by atoms with E-state index < -0.39 is 29.4 Å². The van der Waals surface area contributed by atoms with E-state index in [9.17, 15) is 14.4 Å². The third-order valence-electron chi connectivity index (χ3n) is 5.89. The SMILES string of the molecule is COc1cc(F)c([C@H](Nc2ccc(C(=N)N)cc2)c2nn(-c3ccccc3C(=O)NOC(C)=O)c(=O)[nH]2)cc1OC. The molecule has 0 saturated carbocycles. The van der Waals surface area contributed by atoms with E-state index in [1.165, 1.54) is 32.4 Å². The number of H-pyrrole nitrogens is 1. The first-order valence-corrected chi connectivity index (χ1v) is 12.0. The number of carbonyl (C=O) groups excluding carboxylic acids is 2. The fourth-order valence-corrected chi connectivity index (χ4v) is 3.95. The van der Waals surface area contributed by atoms with Crippen LogP contribution in [0.15, 0.2) is 65.5 Å². The second-order valence-electron chi connectivity index (χ2n) is 8.57. The van der Waals surface area contributed by atoms with Crippen LogP contribution in [0.4, 0.5) is 10.1 Å². The highest BCUT2D eigenvalue weighted by atomic mass is 19.1. The molecule has 1 heterocycles.